The van der Waals surface area contributed by atoms with Crippen LogP contribution in [-0.4, -0.2) is 17.0 Å². The number of hydrogen-bond acceptors (Lipinski definition) is 2. The third-order valence-electron chi connectivity index (χ3n) is 2.93. The zero-order valence-corrected chi connectivity index (χ0v) is 13.3. The highest BCUT2D eigenvalue weighted by Gasteiger charge is 2.14. The van der Waals surface area contributed by atoms with Gasteiger partial charge in [-0.05, 0) is 52.7 Å². The van der Waals surface area contributed by atoms with E-state index in [1.807, 2.05) is 0 Å². The van der Waals surface area contributed by atoms with Crippen molar-refractivity contribution in [3.63, 3.8) is 0 Å². The maximum Gasteiger partial charge on any atom is 0.335 e. The van der Waals surface area contributed by atoms with Crippen LogP contribution in [0.3, 0.4) is 0 Å². The molecule has 2 aromatic carbocycles. The first-order chi connectivity index (χ1) is 9.90. The first-order valence-corrected chi connectivity index (χ1v) is 7.16. The van der Waals surface area contributed by atoms with Crippen molar-refractivity contribution in [2.75, 3.05) is 5.32 Å². The molecular weight excluding hydrogens is 358 g/mol. The fourth-order valence-electron chi connectivity index (χ4n) is 1.76. The Balaban J connectivity index is 2.33. The monoisotopic (exact) mass is 367 g/mol. The van der Waals surface area contributed by atoms with Gasteiger partial charge in [-0.2, -0.15) is 0 Å². The van der Waals surface area contributed by atoms with Crippen LogP contribution in [0.15, 0.2) is 40.9 Å². The van der Waals surface area contributed by atoms with Crippen LogP contribution >= 0.6 is 27.5 Å². The van der Waals surface area contributed by atoms with Gasteiger partial charge in [-0.1, -0.05) is 23.7 Å². The van der Waals surface area contributed by atoms with Crippen LogP contribution in [0.5, 0.6) is 0 Å². The van der Waals surface area contributed by atoms with Gasteiger partial charge < -0.3 is 10.4 Å². The van der Waals surface area contributed by atoms with E-state index in [-0.39, 0.29) is 5.56 Å². The van der Waals surface area contributed by atoms with E-state index in [0.29, 0.717) is 20.7 Å². The van der Waals surface area contributed by atoms with Gasteiger partial charge in [0, 0.05) is 10.2 Å². The van der Waals surface area contributed by atoms with Crippen molar-refractivity contribution >= 4 is 45.1 Å². The molecule has 0 unspecified atom stereocenters. The number of carbonyl (C=O) groups excluding carboxylic acids is 1. The Morgan fingerprint density at radius 2 is 1.95 bits per heavy atom. The summed E-state index contributed by atoms with van der Waals surface area (Å²) in [5.41, 5.74) is 1.62. The molecule has 0 saturated heterocycles. The number of rotatable bonds is 3. The molecule has 1 amide bonds. The second-order valence-corrected chi connectivity index (χ2v) is 5.62. The van der Waals surface area contributed by atoms with Crippen LogP contribution in [-0.2, 0) is 0 Å². The normalized spacial score (nSPS) is 10.2. The number of aryl methyl sites for hydroxylation is 1. The summed E-state index contributed by atoms with van der Waals surface area (Å²) in [5.74, 6) is -1.45. The van der Waals surface area contributed by atoms with Gasteiger partial charge in [0.2, 0.25) is 0 Å². The molecule has 0 aliphatic heterocycles. The molecule has 2 N–H and O–H groups in total. The first kappa shape index (κ1) is 15.5. The Bertz CT molecular complexity index is 731. The number of carbonyl (C=O) groups is 2. The van der Waals surface area contributed by atoms with Gasteiger partial charge in [0.1, 0.15) is 0 Å². The minimum atomic E-state index is -1.05. The van der Waals surface area contributed by atoms with E-state index in [0.717, 1.165) is 5.56 Å². The van der Waals surface area contributed by atoms with E-state index < -0.39 is 11.9 Å². The molecule has 0 spiro atoms. The van der Waals surface area contributed by atoms with Crippen molar-refractivity contribution in [2.24, 2.45) is 0 Å². The summed E-state index contributed by atoms with van der Waals surface area (Å²) in [5, 5.41) is 12.0. The molecule has 0 bridgehead atoms. The molecule has 0 aromatic heterocycles. The molecule has 2 rings (SSSR count). The molecule has 4 nitrogen and oxygen atoms in total. The summed E-state index contributed by atoms with van der Waals surface area (Å²) < 4.78 is 0.618. The summed E-state index contributed by atoms with van der Waals surface area (Å²) >= 11 is 9.33. The van der Waals surface area contributed by atoms with Gasteiger partial charge in [-0.15, -0.1) is 0 Å². The average Bonchev–Trinajstić information content (AvgIpc) is 2.43. The third-order valence-corrected chi connectivity index (χ3v) is 4.23. The van der Waals surface area contributed by atoms with E-state index in [2.05, 4.69) is 21.2 Å². The number of carboxylic acid groups (broad SMARTS) is 1. The van der Waals surface area contributed by atoms with Crippen LogP contribution in [0, 0.1) is 6.92 Å². The van der Waals surface area contributed by atoms with Crippen molar-refractivity contribution in [1.82, 2.24) is 0 Å². The lowest BCUT2D eigenvalue weighted by atomic mass is 10.1. The summed E-state index contributed by atoms with van der Waals surface area (Å²) in [7, 11) is 0. The third kappa shape index (κ3) is 3.43. The minimum absolute atomic E-state index is 0.108. The number of anilines is 1. The number of hydrogen-bond donors (Lipinski definition) is 2. The molecule has 0 atom stereocenters. The second-order valence-electron chi connectivity index (χ2n) is 4.39. The number of amides is 1. The van der Waals surface area contributed by atoms with Gasteiger partial charge >= 0.3 is 5.97 Å². The van der Waals surface area contributed by atoms with Crippen molar-refractivity contribution in [1.29, 1.82) is 0 Å². The molecular formula is C15H11BrClNO3. The lowest BCUT2D eigenvalue weighted by Crippen LogP contribution is -2.14. The maximum absolute atomic E-state index is 12.3. The van der Waals surface area contributed by atoms with E-state index in [4.69, 9.17) is 16.7 Å². The first-order valence-electron chi connectivity index (χ1n) is 5.99. The smallest absolute Gasteiger partial charge is 0.335 e. The van der Waals surface area contributed by atoms with Gasteiger partial charge in [0.05, 0.1) is 16.1 Å². The van der Waals surface area contributed by atoms with Crippen LogP contribution < -0.4 is 5.32 Å². The Morgan fingerprint density at radius 1 is 1.24 bits per heavy atom. The van der Waals surface area contributed by atoms with Gasteiger partial charge in [-0.25, -0.2) is 4.79 Å². The standard InChI is InChI=1S/C15H11BrClNO3/c1-8-5-6-9(15(20)21)7-12(8)18-14(19)10-3-2-4-11(16)13(10)17/h2-7H,1H3,(H,18,19)(H,20,21). The largest absolute Gasteiger partial charge is 0.478 e. The Labute approximate surface area is 134 Å². The van der Waals surface area contributed by atoms with Crippen molar-refractivity contribution in [3.8, 4) is 0 Å². The predicted molar refractivity (Wildman–Crippen MR) is 85.2 cm³/mol. The van der Waals surface area contributed by atoms with Gasteiger partial charge in [-0.3, -0.25) is 4.79 Å². The Morgan fingerprint density at radius 3 is 2.62 bits per heavy atom. The van der Waals surface area contributed by atoms with Crippen molar-refractivity contribution in [3.05, 3.63) is 62.6 Å². The van der Waals surface area contributed by atoms with Crippen molar-refractivity contribution in [2.45, 2.75) is 6.92 Å². The molecule has 0 heterocycles. The van der Waals surface area contributed by atoms with Gasteiger partial charge in [0.25, 0.3) is 5.91 Å². The summed E-state index contributed by atoms with van der Waals surface area (Å²) in [6.45, 7) is 1.78. The summed E-state index contributed by atoms with van der Waals surface area (Å²) in [4.78, 5) is 23.2. The second kappa shape index (κ2) is 6.28. The van der Waals surface area contributed by atoms with Crippen LogP contribution in [0.25, 0.3) is 0 Å². The van der Waals surface area contributed by atoms with E-state index in [1.54, 1.807) is 31.2 Å². The van der Waals surface area contributed by atoms with Crippen LogP contribution in [0.2, 0.25) is 5.02 Å². The highest BCUT2D eigenvalue weighted by Crippen LogP contribution is 2.27. The zero-order valence-electron chi connectivity index (χ0n) is 11.0. The van der Waals surface area contributed by atoms with Crippen LogP contribution in [0.1, 0.15) is 26.3 Å². The average molecular weight is 369 g/mol. The lowest BCUT2D eigenvalue weighted by Gasteiger charge is -2.11. The molecule has 108 valence electrons. The van der Waals surface area contributed by atoms with E-state index >= 15 is 0 Å². The van der Waals surface area contributed by atoms with E-state index in [1.165, 1.54) is 12.1 Å². The van der Waals surface area contributed by atoms with Crippen molar-refractivity contribution < 1.29 is 14.7 Å². The topological polar surface area (TPSA) is 66.4 Å². The predicted octanol–water partition coefficient (Wildman–Crippen LogP) is 4.36. The Kier molecular flexibility index (Phi) is 4.65. The molecule has 0 aliphatic rings. The highest BCUT2D eigenvalue weighted by molar-refractivity contribution is 9.10. The Hall–Kier alpha value is -1.85. The molecule has 6 heteroatoms. The fraction of sp³-hybridized carbons (Fsp3) is 0.0667. The SMILES string of the molecule is Cc1ccc(C(=O)O)cc1NC(=O)c1cccc(Br)c1Cl. The molecule has 0 radical (unpaired) electrons. The maximum atomic E-state index is 12.3. The van der Waals surface area contributed by atoms with Crippen LogP contribution in [0.4, 0.5) is 5.69 Å². The number of benzene rings is 2. The minimum Gasteiger partial charge on any atom is -0.478 e. The summed E-state index contributed by atoms with van der Waals surface area (Å²) in [6.07, 6.45) is 0. The lowest BCUT2D eigenvalue weighted by molar-refractivity contribution is 0.0696. The number of carboxylic acids is 1. The van der Waals surface area contributed by atoms with E-state index in [9.17, 15) is 9.59 Å². The quantitative estimate of drug-likeness (QED) is 0.846. The fourth-order valence-corrected chi connectivity index (χ4v) is 2.34. The summed E-state index contributed by atoms with van der Waals surface area (Å²) in [6, 6.07) is 9.57. The zero-order chi connectivity index (χ0) is 15.6. The molecule has 0 aliphatic carbocycles. The molecule has 21 heavy (non-hydrogen) atoms. The molecule has 0 saturated carbocycles. The molecule has 0 fully saturated rings. The van der Waals surface area contributed by atoms with Gasteiger partial charge in [0.15, 0.2) is 0 Å². The number of aromatic carboxylic acids is 1. The number of halogens is 2. The molecule has 2 aromatic rings. The number of nitrogens with one attached hydrogen (secondary N) is 1. The highest BCUT2D eigenvalue weighted by atomic mass is 79.9.